The first-order valence-electron chi connectivity index (χ1n) is 3.44. The van der Waals surface area contributed by atoms with E-state index in [-0.39, 0.29) is 0 Å². The molecule has 0 saturated carbocycles. The van der Waals surface area contributed by atoms with Gasteiger partial charge in [-0.25, -0.2) is 0 Å². The lowest BCUT2D eigenvalue weighted by Crippen LogP contribution is -2.04. The molecule has 0 aliphatic heterocycles. The van der Waals surface area contributed by atoms with Gasteiger partial charge in [0.05, 0.1) is 0 Å². The van der Waals surface area contributed by atoms with Crippen LogP contribution in [0.4, 0.5) is 0 Å². The number of hydrogen-bond acceptors (Lipinski definition) is 2. The Kier molecular flexibility index (Phi) is 13.5. The maximum absolute atomic E-state index is 9.41. The molecule has 60 valence electrons. The highest BCUT2D eigenvalue weighted by molar-refractivity contribution is 5.70. The van der Waals surface area contributed by atoms with Gasteiger partial charge in [-0.2, -0.15) is 0 Å². The predicted octanol–water partition coefficient (Wildman–Crippen LogP) is 1.38. The maximum Gasteiger partial charge on any atom is 0.145 e. The molecule has 0 aromatic carbocycles. The van der Waals surface area contributed by atoms with Crippen LogP contribution in [-0.2, 0) is 4.79 Å². The Labute approximate surface area is 63.3 Å². The van der Waals surface area contributed by atoms with Crippen molar-refractivity contribution in [1.82, 2.24) is 5.32 Å². The summed E-state index contributed by atoms with van der Waals surface area (Å²) in [5.41, 5.74) is 0.574. The Morgan fingerprint density at radius 2 is 2.10 bits per heavy atom. The average Bonchev–Trinajstić information content (AvgIpc) is 1.91. The van der Waals surface area contributed by atoms with E-state index in [0.717, 1.165) is 12.8 Å². The number of aldehydes is 1. The molecule has 0 rings (SSSR count). The maximum atomic E-state index is 9.41. The van der Waals surface area contributed by atoms with E-state index in [9.17, 15) is 4.79 Å². The number of allylic oxidation sites excluding steroid dienone is 1. The molecule has 0 atom stereocenters. The Balaban J connectivity index is 0. The van der Waals surface area contributed by atoms with Gasteiger partial charge in [0.15, 0.2) is 0 Å². The van der Waals surface area contributed by atoms with Crippen molar-refractivity contribution in [3.8, 4) is 0 Å². The van der Waals surface area contributed by atoms with Crippen LogP contribution in [0.3, 0.4) is 0 Å². The Morgan fingerprint density at radius 1 is 1.70 bits per heavy atom. The largest absolute Gasteiger partial charge is 0.320 e. The summed E-state index contributed by atoms with van der Waals surface area (Å²) in [4.78, 5) is 9.41. The fourth-order valence-corrected chi connectivity index (χ4v) is 0.250. The lowest BCUT2D eigenvalue weighted by Gasteiger charge is -1.84. The van der Waals surface area contributed by atoms with Gasteiger partial charge in [-0.3, -0.25) is 4.79 Å². The average molecular weight is 143 g/mol. The van der Waals surface area contributed by atoms with Crippen LogP contribution in [0, 0.1) is 0 Å². The molecular formula is C8H17NO. The van der Waals surface area contributed by atoms with Crippen molar-refractivity contribution in [2.45, 2.75) is 20.3 Å². The summed E-state index contributed by atoms with van der Waals surface area (Å²) >= 11 is 0. The van der Waals surface area contributed by atoms with Crippen LogP contribution in [0.15, 0.2) is 12.2 Å². The topological polar surface area (TPSA) is 29.1 Å². The van der Waals surface area contributed by atoms with Gasteiger partial charge in [-0.1, -0.05) is 13.5 Å². The van der Waals surface area contributed by atoms with E-state index in [1.54, 1.807) is 6.92 Å². The number of carbonyl (C=O) groups excluding carboxylic acids is 1. The molecule has 0 aromatic heterocycles. The summed E-state index contributed by atoms with van der Waals surface area (Å²) in [6.45, 7) is 8.25. The molecule has 10 heavy (non-hydrogen) atoms. The highest BCUT2D eigenvalue weighted by Gasteiger charge is 1.66. The zero-order valence-corrected chi connectivity index (χ0v) is 7.11. The molecule has 0 bridgehead atoms. The summed E-state index contributed by atoms with van der Waals surface area (Å²) in [7, 11) is 1.96. The highest BCUT2D eigenvalue weighted by atomic mass is 16.1. The van der Waals surface area contributed by atoms with E-state index in [2.05, 4.69) is 18.8 Å². The zero-order valence-electron chi connectivity index (χ0n) is 7.11. The molecule has 0 aliphatic carbocycles. The van der Waals surface area contributed by atoms with Crippen molar-refractivity contribution in [2.75, 3.05) is 13.6 Å². The second-order valence-corrected chi connectivity index (χ2v) is 2.07. The van der Waals surface area contributed by atoms with E-state index in [1.165, 1.54) is 6.42 Å². The molecule has 0 spiro atoms. The van der Waals surface area contributed by atoms with Crippen molar-refractivity contribution >= 4 is 6.29 Å². The summed E-state index contributed by atoms with van der Waals surface area (Å²) in [6.07, 6.45) is 1.95. The molecule has 2 nitrogen and oxygen atoms in total. The third kappa shape index (κ3) is 26.3. The van der Waals surface area contributed by atoms with Gasteiger partial charge in [0.1, 0.15) is 6.29 Å². The number of nitrogens with one attached hydrogen (secondary N) is 1. The SMILES string of the molecule is C=C(C)C=O.CCCNC. The standard InChI is InChI=1S/C4H11N.C4H6O/c1-3-4-5-2;1-4(2)3-5/h5H,3-4H2,1-2H3;3H,1H2,2H3. The summed E-state index contributed by atoms with van der Waals surface area (Å²) < 4.78 is 0. The third-order valence-electron chi connectivity index (χ3n) is 0.701. The van der Waals surface area contributed by atoms with Crippen molar-refractivity contribution < 1.29 is 4.79 Å². The minimum absolute atomic E-state index is 0.574. The number of carbonyl (C=O) groups is 1. The van der Waals surface area contributed by atoms with E-state index in [1.807, 2.05) is 7.05 Å². The van der Waals surface area contributed by atoms with Crippen LogP contribution in [0.5, 0.6) is 0 Å². The number of rotatable bonds is 3. The van der Waals surface area contributed by atoms with E-state index >= 15 is 0 Å². The molecule has 0 aromatic rings. The van der Waals surface area contributed by atoms with E-state index in [0.29, 0.717) is 5.57 Å². The molecule has 0 heterocycles. The quantitative estimate of drug-likeness (QED) is 0.477. The molecular weight excluding hydrogens is 126 g/mol. The lowest BCUT2D eigenvalue weighted by molar-refractivity contribution is -0.104. The Hall–Kier alpha value is -0.630. The van der Waals surface area contributed by atoms with Crippen LogP contribution in [0.25, 0.3) is 0 Å². The van der Waals surface area contributed by atoms with Crippen LogP contribution in [0.1, 0.15) is 20.3 Å². The lowest BCUT2D eigenvalue weighted by atomic mass is 10.4. The van der Waals surface area contributed by atoms with Crippen LogP contribution in [-0.4, -0.2) is 19.9 Å². The zero-order chi connectivity index (χ0) is 8.41. The molecule has 0 unspecified atom stereocenters. The van der Waals surface area contributed by atoms with Crippen molar-refractivity contribution in [3.63, 3.8) is 0 Å². The monoisotopic (exact) mass is 143 g/mol. The number of hydrogen-bond donors (Lipinski definition) is 1. The van der Waals surface area contributed by atoms with Gasteiger partial charge in [0.2, 0.25) is 0 Å². The van der Waals surface area contributed by atoms with Crippen molar-refractivity contribution in [1.29, 1.82) is 0 Å². The normalized spacial score (nSPS) is 7.50. The molecule has 2 heteroatoms. The molecule has 0 saturated heterocycles. The first kappa shape index (κ1) is 12.1. The smallest absolute Gasteiger partial charge is 0.145 e. The van der Waals surface area contributed by atoms with E-state index < -0.39 is 0 Å². The summed E-state index contributed by atoms with van der Waals surface area (Å²) in [6, 6.07) is 0. The second-order valence-electron chi connectivity index (χ2n) is 2.07. The second kappa shape index (κ2) is 11.2. The Morgan fingerprint density at radius 3 is 2.10 bits per heavy atom. The van der Waals surface area contributed by atoms with Gasteiger partial charge >= 0.3 is 0 Å². The minimum Gasteiger partial charge on any atom is -0.320 e. The van der Waals surface area contributed by atoms with Crippen LogP contribution < -0.4 is 5.32 Å². The van der Waals surface area contributed by atoms with Gasteiger partial charge in [0, 0.05) is 0 Å². The fourth-order valence-electron chi connectivity index (χ4n) is 0.250. The first-order chi connectivity index (χ1) is 4.68. The molecule has 0 aliphatic rings. The van der Waals surface area contributed by atoms with Gasteiger partial charge in [-0.15, -0.1) is 0 Å². The van der Waals surface area contributed by atoms with Crippen LogP contribution >= 0.6 is 0 Å². The van der Waals surface area contributed by atoms with Gasteiger partial charge in [0.25, 0.3) is 0 Å². The predicted molar refractivity (Wildman–Crippen MR) is 45.1 cm³/mol. The highest BCUT2D eigenvalue weighted by Crippen LogP contribution is 1.70. The summed E-state index contributed by atoms with van der Waals surface area (Å²) in [5.74, 6) is 0. The van der Waals surface area contributed by atoms with Crippen molar-refractivity contribution in [3.05, 3.63) is 12.2 Å². The molecule has 1 N–H and O–H groups in total. The van der Waals surface area contributed by atoms with Gasteiger partial charge < -0.3 is 5.32 Å². The minimum atomic E-state index is 0.574. The van der Waals surface area contributed by atoms with E-state index in [4.69, 9.17) is 0 Å². The summed E-state index contributed by atoms with van der Waals surface area (Å²) in [5, 5.41) is 3.02. The molecule has 0 amide bonds. The van der Waals surface area contributed by atoms with Gasteiger partial charge in [-0.05, 0) is 32.5 Å². The first-order valence-corrected chi connectivity index (χ1v) is 3.44. The fraction of sp³-hybridized carbons (Fsp3) is 0.625. The van der Waals surface area contributed by atoms with Crippen LogP contribution in [0.2, 0.25) is 0 Å². The Bertz CT molecular complexity index is 87.3. The molecule has 0 radical (unpaired) electrons. The third-order valence-corrected chi connectivity index (χ3v) is 0.701. The molecule has 0 fully saturated rings. The van der Waals surface area contributed by atoms with Crippen molar-refractivity contribution in [2.24, 2.45) is 0 Å².